The summed E-state index contributed by atoms with van der Waals surface area (Å²) in [5.41, 5.74) is 4.80. The van der Waals surface area contributed by atoms with Gasteiger partial charge in [-0.25, -0.2) is 4.79 Å². The number of carbonyl (C=O) groups is 2. The molecule has 5 heteroatoms. The normalized spacial score (nSPS) is 25.3. The van der Waals surface area contributed by atoms with Crippen LogP contribution in [0.25, 0.3) is 11.1 Å². The van der Waals surface area contributed by atoms with Gasteiger partial charge >= 0.3 is 12.1 Å². The van der Waals surface area contributed by atoms with Gasteiger partial charge in [0, 0.05) is 19.0 Å². The van der Waals surface area contributed by atoms with Crippen LogP contribution in [0.3, 0.4) is 0 Å². The summed E-state index contributed by atoms with van der Waals surface area (Å²) in [6.07, 6.45) is 0.350. The zero-order chi connectivity index (χ0) is 18.5. The second kappa shape index (κ2) is 6.12. The highest BCUT2D eigenvalue weighted by Gasteiger charge is 2.51. The third-order valence-electron chi connectivity index (χ3n) is 6.48. The predicted molar refractivity (Wildman–Crippen MR) is 99.4 cm³/mol. The highest BCUT2D eigenvalue weighted by Crippen LogP contribution is 2.47. The molecule has 1 amide bonds. The molecule has 5 rings (SSSR count). The van der Waals surface area contributed by atoms with E-state index in [9.17, 15) is 14.7 Å². The minimum Gasteiger partial charge on any atom is -0.481 e. The van der Waals surface area contributed by atoms with E-state index in [1.165, 1.54) is 22.3 Å². The molecule has 27 heavy (non-hydrogen) atoms. The average molecular weight is 363 g/mol. The van der Waals surface area contributed by atoms with Crippen LogP contribution in [0.1, 0.15) is 23.5 Å². The zero-order valence-electron chi connectivity index (χ0n) is 14.9. The highest BCUT2D eigenvalue weighted by atomic mass is 16.6. The minimum atomic E-state index is -0.745. The number of carboxylic acid groups (broad SMARTS) is 1. The first-order valence-electron chi connectivity index (χ1n) is 9.46. The molecule has 0 spiro atoms. The molecule has 1 heterocycles. The summed E-state index contributed by atoms with van der Waals surface area (Å²) in [4.78, 5) is 25.5. The van der Waals surface area contributed by atoms with E-state index < -0.39 is 5.97 Å². The van der Waals surface area contributed by atoms with Gasteiger partial charge in [0.05, 0.1) is 5.92 Å². The standard InChI is InChI=1S/C22H21NO4/c24-21(25)18-9-13-10-23(11-19(13)18)22(26)27-12-20-16-7-3-1-5-14(16)15-6-2-4-8-17(15)20/h1-8,13,18-20H,9-12H2,(H,24,25)/t13-,18-,19+/m0/s1. The van der Waals surface area contributed by atoms with Crippen LogP contribution in [0.5, 0.6) is 0 Å². The maximum Gasteiger partial charge on any atom is 0.409 e. The molecule has 0 bridgehead atoms. The number of nitrogens with zero attached hydrogens (tertiary/aromatic N) is 1. The first kappa shape index (κ1) is 16.4. The summed E-state index contributed by atoms with van der Waals surface area (Å²) in [7, 11) is 0. The Labute approximate surface area is 157 Å². The van der Waals surface area contributed by atoms with Gasteiger partial charge in [-0.05, 0) is 40.5 Å². The van der Waals surface area contributed by atoms with Crippen molar-refractivity contribution < 1.29 is 19.4 Å². The fourth-order valence-electron chi connectivity index (χ4n) is 5.03. The molecule has 2 fully saturated rings. The van der Waals surface area contributed by atoms with Crippen LogP contribution in [0.4, 0.5) is 4.79 Å². The van der Waals surface area contributed by atoms with Gasteiger partial charge in [-0.1, -0.05) is 48.5 Å². The molecule has 1 N–H and O–H groups in total. The number of carbonyl (C=O) groups excluding carboxylic acids is 1. The lowest BCUT2D eigenvalue weighted by molar-refractivity contribution is -0.149. The predicted octanol–water partition coefficient (Wildman–Crippen LogP) is 3.59. The van der Waals surface area contributed by atoms with Gasteiger partial charge in [0.1, 0.15) is 6.61 Å². The number of likely N-dealkylation sites (tertiary alicyclic amines) is 1. The summed E-state index contributed by atoms with van der Waals surface area (Å²) >= 11 is 0. The van der Waals surface area contributed by atoms with Crippen LogP contribution >= 0.6 is 0 Å². The smallest absolute Gasteiger partial charge is 0.409 e. The first-order chi connectivity index (χ1) is 13.1. The number of benzene rings is 2. The van der Waals surface area contributed by atoms with Crippen molar-refractivity contribution in [2.45, 2.75) is 12.3 Å². The highest BCUT2D eigenvalue weighted by molar-refractivity contribution is 5.79. The number of hydrogen-bond acceptors (Lipinski definition) is 3. The van der Waals surface area contributed by atoms with E-state index >= 15 is 0 Å². The van der Waals surface area contributed by atoms with E-state index in [0.717, 1.165) is 0 Å². The summed E-state index contributed by atoms with van der Waals surface area (Å²) < 4.78 is 5.68. The summed E-state index contributed by atoms with van der Waals surface area (Å²) in [5, 5.41) is 9.20. The second-order valence-electron chi connectivity index (χ2n) is 7.81. The molecule has 3 aliphatic rings. The fourth-order valence-corrected chi connectivity index (χ4v) is 5.03. The molecule has 1 saturated heterocycles. The number of ether oxygens (including phenoxy) is 1. The lowest BCUT2D eigenvalue weighted by Gasteiger charge is -2.35. The van der Waals surface area contributed by atoms with Gasteiger partial charge in [-0.2, -0.15) is 0 Å². The number of carboxylic acids is 1. The van der Waals surface area contributed by atoms with Crippen molar-refractivity contribution in [1.82, 2.24) is 4.90 Å². The molecule has 2 aromatic rings. The largest absolute Gasteiger partial charge is 0.481 e. The Bertz CT molecular complexity index is 879. The van der Waals surface area contributed by atoms with Crippen LogP contribution in [0, 0.1) is 17.8 Å². The van der Waals surface area contributed by atoms with Crippen molar-refractivity contribution in [3.8, 4) is 11.1 Å². The average Bonchev–Trinajstić information content (AvgIpc) is 3.15. The molecule has 1 aliphatic heterocycles. The number of rotatable bonds is 3. The second-order valence-corrected chi connectivity index (χ2v) is 7.81. The Hall–Kier alpha value is -2.82. The van der Waals surface area contributed by atoms with Crippen LogP contribution in [0.2, 0.25) is 0 Å². The maximum absolute atomic E-state index is 12.6. The van der Waals surface area contributed by atoms with Crippen molar-refractivity contribution in [1.29, 1.82) is 0 Å². The van der Waals surface area contributed by atoms with E-state index in [0.29, 0.717) is 32.0 Å². The Morgan fingerprint density at radius 1 is 1.00 bits per heavy atom. The van der Waals surface area contributed by atoms with E-state index in [-0.39, 0.29) is 23.8 Å². The molecule has 3 atom stereocenters. The molecule has 0 radical (unpaired) electrons. The Balaban J connectivity index is 1.28. The van der Waals surface area contributed by atoms with Crippen molar-refractivity contribution in [2.24, 2.45) is 17.8 Å². The van der Waals surface area contributed by atoms with Crippen LogP contribution in [-0.2, 0) is 9.53 Å². The molecule has 5 nitrogen and oxygen atoms in total. The number of hydrogen-bond donors (Lipinski definition) is 1. The zero-order valence-corrected chi connectivity index (χ0v) is 14.9. The lowest BCUT2D eigenvalue weighted by Crippen LogP contribution is -2.40. The third kappa shape index (κ3) is 2.52. The van der Waals surface area contributed by atoms with Crippen molar-refractivity contribution in [2.75, 3.05) is 19.7 Å². The van der Waals surface area contributed by atoms with Gasteiger partial charge < -0.3 is 14.7 Å². The fraction of sp³-hybridized carbons (Fsp3) is 0.364. The Morgan fingerprint density at radius 3 is 2.26 bits per heavy atom. The quantitative estimate of drug-likeness (QED) is 0.905. The van der Waals surface area contributed by atoms with Gasteiger partial charge in [-0.15, -0.1) is 0 Å². The van der Waals surface area contributed by atoms with E-state index in [1.807, 2.05) is 24.3 Å². The summed E-state index contributed by atoms with van der Waals surface area (Å²) in [5.74, 6) is -0.603. The van der Waals surface area contributed by atoms with E-state index in [2.05, 4.69) is 24.3 Å². The minimum absolute atomic E-state index is 0.0486. The Morgan fingerprint density at radius 2 is 1.63 bits per heavy atom. The van der Waals surface area contributed by atoms with Gasteiger partial charge in [0.2, 0.25) is 0 Å². The monoisotopic (exact) mass is 363 g/mol. The van der Waals surface area contributed by atoms with Crippen molar-refractivity contribution in [3.05, 3.63) is 59.7 Å². The first-order valence-corrected chi connectivity index (χ1v) is 9.46. The maximum atomic E-state index is 12.6. The van der Waals surface area contributed by atoms with Crippen LogP contribution < -0.4 is 0 Å². The number of amides is 1. The molecule has 1 saturated carbocycles. The third-order valence-corrected chi connectivity index (χ3v) is 6.48. The van der Waals surface area contributed by atoms with Gasteiger partial charge in [-0.3, -0.25) is 4.79 Å². The van der Waals surface area contributed by atoms with E-state index in [1.54, 1.807) is 4.90 Å². The van der Waals surface area contributed by atoms with Crippen LogP contribution in [0.15, 0.2) is 48.5 Å². The van der Waals surface area contributed by atoms with Crippen LogP contribution in [-0.4, -0.2) is 41.8 Å². The molecule has 2 aromatic carbocycles. The summed E-state index contributed by atoms with van der Waals surface area (Å²) in [6, 6.07) is 16.5. The molecule has 2 aliphatic carbocycles. The van der Waals surface area contributed by atoms with Gasteiger partial charge in [0.25, 0.3) is 0 Å². The molecule has 0 aromatic heterocycles. The molecule has 0 unspecified atom stereocenters. The number of aliphatic carboxylic acids is 1. The topological polar surface area (TPSA) is 66.8 Å². The SMILES string of the molecule is O=C(O)[C@H]1C[C@H]2CN(C(=O)OCC3c4ccccc4-c4ccccc43)C[C@H]21. The molecular weight excluding hydrogens is 342 g/mol. The Kier molecular flexibility index (Phi) is 3.71. The van der Waals surface area contributed by atoms with Crippen molar-refractivity contribution >= 4 is 12.1 Å². The molecular formula is C22H21NO4. The van der Waals surface area contributed by atoms with E-state index in [4.69, 9.17) is 4.74 Å². The lowest BCUT2D eigenvalue weighted by atomic mass is 9.67. The summed E-state index contributed by atoms with van der Waals surface area (Å²) in [6.45, 7) is 1.42. The molecule has 138 valence electrons. The number of fused-ring (bicyclic) bond motifs is 4. The van der Waals surface area contributed by atoms with Gasteiger partial charge in [0.15, 0.2) is 0 Å². The van der Waals surface area contributed by atoms with Crippen molar-refractivity contribution in [3.63, 3.8) is 0 Å².